The summed E-state index contributed by atoms with van der Waals surface area (Å²) in [6.07, 6.45) is 5.27. The monoisotopic (exact) mass is 354 g/mol. The molecule has 0 saturated carbocycles. The quantitative estimate of drug-likeness (QED) is 0.517. The first kappa shape index (κ1) is 18.4. The number of benzene rings is 2. The summed E-state index contributed by atoms with van der Waals surface area (Å²) in [5.74, 6) is 0.303. The number of hydrogen-bond donors (Lipinski definition) is 3. The second kappa shape index (κ2) is 7.87. The van der Waals surface area contributed by atoms with E-state index >= 15 is 0 Å². The fourth-order valence-electron chi connectivity index (χ4n) is 3.39. The van der Waals surface area contributed by atoms with Crippen molar-refractivity contribution in [3.63, 3.8) is 0 Å². The molecule has 0 aliphatic rings. The lowest BCUT2D eigenvalue weighted by Crippen LogP contribution is -2.12. The average molecular weight is 354 g/mol. The summed E-state index contributed by atoms with van der Waals surface area (Å²) in [7, 11) is 0. The molecular formula is C21H27FN4. The lowest BCUT2D eigenvalue weighted by atomic mass is 9.94. The molecule has 0 radical (unpaired) electrons. The molecule has 26 heavy (non-hydrogen) atoms. The number of nitrogens with two attached hydrogens (primary N) is 2. The zero-order valence-electron chi connectivity index (χ0n) is 15.5. The Hall–Kier alpha value is -2.40. The predicted octanol–water partition coefficient (Wildman–Crippen LogP) is 5.09. The summed E-state index contributed by atoms with van der Waals surface area (Å²) in [5, 5.41) is 0. The number of nitrogens with zero attached hydrogens (tertiary/aromatic N) is 1. The lowest BCUT2D eigenvalue weighted by Gasteiger charge is -2.16. The molecule has 1 heterocycles. The van der Waals surface area contributed by atoms with Crippen LogP contribution in [0.3, 0.4) is 0 Å². The molecule has 0 aliphatic carbocycles. The summed E-state index contributed by atoms with van der Waals surface area (Å²) < 4.78 is 13.3. The van der Waals surface area contributed by atoms with E-state index in [1.807, 2.05) is 0 Å². The first-order chi connectivity index (χ1) is 12.5. The summed E-state index contributed by atoms with van der Waals surface area (Å²) in [4.78, 5) is 8.02. The van der Waals surface area contributed by atoms with E-state index in [0.29, 0.717) is 17.1 Å². The molecule has 0 spiro atoms. The molecule has 3 aromatic rings. The van der Waals surface area contributed by atoms with E-state index in [0.717, 1.165) is 43.1 Å². The zero-order valence-corrected chi connectivity index (χ0v) is 15.5. The van der Waals surface area contributed by atoms with Gasteiger partial charge in [0.05, 0.1) is 11.0 Å². The molecule has 0 aliphatic heterocycles. The number of fused-ring (bicyclic) bond motifs is 1. The van der Waals surface area contributed by atoms with E-state index < -0.39 is 0 Å². The maximum Gasteiger partial charge on any atom is 0.140 e. The highest BCUT2D eigenvalue weighted by atomic mass is 19.1. The Balaban J connectivity index is 2.08. The van der Waals surface area contributed by atoms with Crippen molar-refractivity contribution < 1.29 is 4.39 Å². The van der Waals surface area contributed by atoms with Gasteiger partial charge in [-0.25, -0.2) is 9.37 Å². The topological polar surface area (TPSA) is 80.7 Å². The second-order valence-electron chi connectivity index (χ2n) is 6.88. The largest absolute Gasteiger partial charge is 0.398 e. The van der Waals surface area contributed by atoms with Crippen molar-refractivity contribution in [1.29, 1.82) is 0 Å². The van der Waals surface area contributed by atoms with Crippen molar-refractivity contribution in [3.05, 3.63) is 47.3 Å². The number of nitrogens with one attached hydrogen (secondary N) is 1. The second-order valence-corrected chi connectivity index (χ2v) is 6.88. The van der Waals surface area contributed by atoms with Crippen molar-refractivity contribution in [2.45, 2.75) is 52.0 Å². The van der Waals surface area contributed by atoms with Crippen molar-refractivity contribution >= 4 is 16.7 Å². The van der Waals surface area contributed by atoms with Gasteiger partial charge >= 0.3 is 0 Å². The van der Waals surface area contributed by atoms with Crippen LogP contribution in [-0.4, -0.2) is 9.97 Å². The van der Waals surface area contributed by atoms with E-state index in [2.05, 4.69) is 35.9 Å². The van der Waals surface area contributed by atoms with E-state index in [1.54, 1.807) is 6.07 Å². The van der Waals surface area contributed by atoms with E-state index in [1.165, 1.54) is 23.3 Å². The Morgan fingerprint density at radius 2 is 1.96 bits per heavy atom. The number of aryl methyl sites for hydroxylation is 1. The van der Waals surface area contributed by atoms with E-state index in [-0.39, 0.29) is 11.9 Å². The highest BCUT2D eigenvalue weighted by Gasteiger charge is 2.15. The summed E-state index contributed by atoms with van der Waals surface area (Å²) in [6, 6.07) is 8.65. The highest BCUT2D eigenvalue weighted by molar-refractivity contribution is 5.83. The highest BCUT2D eigenvalue weighted by Crippen LogP contribution is 2.30. The summed E-state index contributed by atoms with van der Waals surface area (Å²) >= 11 is 0. The first-order valence-electron chi connectivity index (χ1n) is 9.37. The molecule has 1 unspecified atom stereocenters. The molecule has 1 aromatic heterocycles. The number of hydrogen-bond acceptors (Lipinski definition) is 3. The zero-order chi connectivity index (χ0) is 18.7. The Morgan fingerprint density at radius 3 is 2.65 bits per heavy atom. The van der Waals surface area contributed by atoms with Gasteiger partial charge in [-0.3, -0.25) is 0 Å². The van der Waals surface area contributed by atoms with Crippen molar-refractivity contribution in [3.8, 4) is 11.4 Å². The number of anilines is 1. The Labute approximate surface area is 153 Å². The van der Waals surface area contributed by atoms with Gasteiger partial charge in [-0.1, -0.05) is 26.7 Å². The van der Waals surface area contributed by atoms with Gasteiger partial charge in [0.15, 0.2) is 0 Å². The minimum absolute atomic E-state index is 0.0206. The molecule has 0 amide bonds. The maximum atomic E-state index is 13.3. The third-order valence-electron chi connectivity index (χ3n) is 4.81. The van der Waals surface area contributed by atoms with Crippen LogP contribution in [0.2, 0.25) is 0 Å². The third kappa shape index (κ3) is 3.73. The molecule has 3 rings (SSSR count). The molecule has 0 bridgehead atoms. The van der Waals surface area contributed by atoms with Gasteiger partial charge in [0.1, 0.15) is 11.6 Å². The Morgan fingerprint density at radius 1 is 1.15 bits per heavy atom. The molecular weight excluding hydrogens is 327 g/mol. The van der Waals surface area contributed by atoms with Crippen LogP contribution in [0, 0.1) is 5.82 Å². The number of aromatic nitrogens is 2. The van der Waals surface area contributed by atoms with Crippen molar-refractivity contribution in [2.75, 3.05) is 5.73 Å². The number of rotatable bonds is 7. The maximum absolute atomic E-state index is 13.3. The number of nitrogen functional groups attached to an aromatic ring is 1. The number of aromatic amines is 1. The number of unbranched alkanes of at least 4 members (excludes halogenated alkanes) is 1. The van der Waals surface area contributed by atoms with Crippen LogP contribution in [0.4, 0.5) is 10.1 Å². The third-order valence-corrected chi connectivity index (χ3v) is 4.81. The SMILES string of the molecule is CCCCc1cc2[nH]c(-c3ccc(F)cc3N)nc2cc1C(N)CCC. The van der Waals surface area contributed by atoms with Crippen LogP contribution in [0.1, 0.15) is 56.7 Å². The fourth-order valence-corrected chi connectivity index (χ4v) is 3.39. The van der Waals surface area contributed by atoms with E-state index in [4.69, 9.17) is 11.5 Å². The van der Waals surface area contributed by atoms with Crippen molar-refractivity contribution in [1.82, 2.24) is 9.97 Å². The number of halogens is 1. The van der Waals surface area contributed by atoms with Gasteiger partial charge in [-0.05, 0) is 60.7 Å². The van der Waals surface area contributed by atoms with Gasteiger partial charge in [0.2, 0.25) is 0 Å². The smallest absolute Gasteiger partial charge is 0.140 e. The summed E-state index contributed by atoms with van der Waals surface area (Å²) in [6.45, 7) is 4.34. The van der Waals surface area contributed by atoms with Crippen LogP contribution in [0.5, 0.6) is 0 Å². The van der Waals surface area contributed by atoms with Crippen LogP contribution < -0.4 is 11.5 Å². The Kier molecular flexibility index (Phi) is 5.57. The molecule has 0 saturated heterocycles. The first-order valence-corrected chi connectivity index (χ1v) is 9.37. The van der Waals surface area contributed by atoms with Crippen molar-refractivity contribution in [2.24, 2.45) is 5.73 Å². The summed E-state index contributed by atoms with van der Waals surface area (Å²) in [5.41, 5.74) is 17.8. The molecule has 5 heteroatoms. The molecule has 5 N–H and O–H groups in total. The molecule has 138 valence electrons. The van der Waals surface area contributed by atoms with Crippen LogP contribution in [-0.2, 0) is 6.42 Å². The van der Waals surface area contributed by atoms with Gasteiger partial charge in [-0.15, -0.1) is 0 Å². The minimum Gasteiger partial charge on any atom is -0.398 e. The van der Waals surface area contributed by atoms with Crippen LogP contribution in [0.15, 0.2) is 30.3 Å². The van der Waals surface area contributed by atoms with Crippen LogP contribution >= 0.6 is 0 Å². The molecule has 1 atom stereocenters. The molecule has 4 nitrogen and oxygen atoms in total. The van der Waals surface area contributed by atoms with E-state index in [9.17, 15) is 4.39 Å². The average Bonchev–Trinajstić information content (AvgIpc) is 3.01. The number of imidazole rings is 1. The standard InChI is InChI=1S/C21H27FN4/c1-3-5-7-13-10-19-20(12-16(13)17(23)6-4-2)26-21(25-19)15-9-8-14(22)11-18(15)24/h8-12,17H,3-7,23-24H2,1-2H3,(H,25,26). The predicted molar refractivity (Wildman–Crippen MR) is 106 cm³/mol. The fraction of sp³-hybridized carbons (Fsp3) is 0.381. The van der Waals surface area contributed by atoms with Gasteiger partial charge < -0.3 is 16.5 Å². The Bertz CT molecular complexity index is 900. The van der Waals surface area contributed by atoms with Gasteiger partial charge in [-0.2, -0.15) is 0 Å². The van der Waals surface area contributed by atoms with Crippen LogP contribution in [0.25, 0.3) is 22.4 Å². The van der Waals surface area contributed by atoms with Gasteiger partial charge in [0.25, 0.3) is 0 Å². The van der Waals surface area contributed by atoms with Gasteiger partial charge in [0, 0.05) is 17.3 Å². The molecule has 2 aromatic carbocycles. The number of H-pyrrole nitrogens is 1. The lowest BCUT2D eigenvalue weighted by molar-refractivity contribution is 0.628. The molecule has 0 fully saturated rings. The normalized spacial score (nSPS) is 12.6. The minimum atomic E-state index is -0.350.